The van der Waals surface area contributed by atoms with Crippen molar-refractivity contribution in [2.24, 2.45) is 0 Å². The van der Waals surface area contributed by atoms with E-state index in [2.05, 4.69) is 19.9 Å². The van der Waals surface area contributed by atoms with Gasteiger partial charge in [0, 0.05) is 58.7 Å². The quantitative estimate of drug-likeness (QED) is 0.552. The number of rotatable bonds is 4. The van der Waals surface area contributed by atoms with Gasteiger partial charge in [-0.1, -0.05) is 12.1 Å². The number of ether oxygens (including phenoxy) is 1. The van der Waals surface area contributed by atoms with Crippen LogP contribution in [-0.2, 0) is 4.74 Å². The average molecular weight is 479 g/mol. The number of nitrogens with zero attached hydrogens (tertiary/aromatic N) is 5. The van der Waals surface area contributed by atoms with Crippen molar-refractivity contribution in [3.05, 3.63) is 66.2 Å². The summed E-state index contributed by atoms with van der Waals surface area (Å²) in [6.45, 7) is 7.99. The first-order chi connectivity index (χ1) is 16.7. The van der Waals surface area contributed by atoms with Gasteiger partial charge >= 0.3 is 6.09 Å². The van der Waals surface area contributed by atoms with Crippen molar-refractivity contribution in [2.75, 3.05) is 36.8 Å². The Balaban J connectivity index is 0.00000241. The van der Waals surface area contributed by atoms with Crippen molar-refractivity contribution >= 4 is 23.5 Å². The minimum Gasteiger partial charge on any atom is -0.444 e. The maximum absolute atomic E-state index is 13.3. The van der Waals surface area contributed by atoms with Gasteiger partial charge in [0.05, 0.1) is 5.56 Å². The molecule has 0 aliphatic carbocycles. The van der Waals surface area contributed by atoms with Crippen LogP contribution in [0.3, 0.4) is 0 Å². The van der Waals surface area contributed by atoms with E-state index in [-0.39, 0.29) is 26.2 Å². The van der Waals surface area contributed by atoms with Crippen LogP contribution >= 0.6 is 0 Å². The van der Waals surface area contributed by atoms with Crippen LogP contribution in [0.15, 0.2) is 55.0 Å². The Labute approximate surface area is 207 Å². The van der Waals surface area contributed by atoms with E-state index in [1.54, 1.807) is 41.7 Å². The van der Waals surface area contributed by atoms with Crippen molar-refractivity contribution in [2.45, 2.75) is 32.8 Å². The number of hydrogen-bond donors (Lipinski definition) is 1. The summed E-state index contributed by atoms with van der Waals surface area (Å²) in [7, 11) is 0. The highest BCUT2D eigenvalue weighted by atomic mass is 16.6. The topological polar surface area (TPSA) is 115 Å². The summed E-state index contributed by atoms with van der Waals surface area (Å²) in [6, 6.07) is 10.8. The first-order valence-corrected chi connectivity index (χ1v) is 11.6. The van der Waals surface area contributed by atoms with Crippen LogP contribution in [0, 0.1) is 0 Å². The van der Waals surface area contributed by atoms with Crippen LogP contribution < -0.4 is 10.6 Å². The van der Waals surface area contributed by atoms with Crippen LogP contribution in [0.25, 0.3) is 11.1 Å². The fourth-order valence-electron chi connectivity index (χ4n) is 3.87. The van der Waals surface area contributed by atoms with E-state index in [1.807, 2.05) is 39.0 Å². The number of hydrogen-bond acceptors (Lipinski definition) is 8. The molecule has 186 valence electrons. The van der Waals surface area contributed by atoms with Gasteiger partial charge in [-0.15, -0.1) is 0 Å². The number of nitrogen functional groups attached to an aromatic ring is 1. The molecule has 4 rings (SSSR count). The molecule has 0 aromatic carbocycles. The third-order valence-corrected chi connectivity index (χ3v) is 5.60. The lowest BCUT2D eigenvalue weighted by atomic mass is 10.0. The number of carbonyl (C=O) groups excluding carboxylic acids is 2. The summed E-state index contributed by atoms with van der Waals surface area (Å²) >= 11 is 0. The van der Waals surface area contributed by atoms with Gasteiger partial charge in [-0.05, 0) is 51.5 Å². The van der Waals surface area contributed by atoms with E-state index in [0.29, 0.717) is 37.6 Å². The molecule has 3 aromatic rings. The highest BCUT2D eigenvalue weighted by Crippen LogP contribution is 2.24. The molecule has 1 saturated heterocycles. The van der Waals surface area contributed by atoms with E-state index in [4.69, 9.17) is 10.5 Å². The minimum atomic E-state index is -0.537. The summed E-state index contributed by atoms with van der Waals surface area (Å²) in [5.74, 6) is 0.530. The van der Waals surface area contributed by atoms with E-state index in [9.17, 15) is 9.59 Å². The lowest BCUT2D eigenvalue weighted by Crippen LogP contribution is -2.39. The van der Waals surface area contributed by atoms with Gasteiger partial charge in [0.25, 0.3) is 0 Å². The van der Waals surface area contributed by atoms with Gasteiger partial charge in [0.2, 0.25) is 5.78 Å². The molecule has 3 aromatic heterocycles. The summed E-state index contributed by atoms with van der Waals surface area (Å²) in [5, 5.41) is 0. The number of aromatic nitrogens is 3. The molecule has 0 bridgehead atoms. The highest BCUT2D eigenvalue weighted by Gasteiger charge is 2.25. The number of amides is 1. The molecule has 0 unspecified atom stereocenters. The minimum absolute atomic E-state index is 0. The summed E-state index contributed by atoms with van der Waals surface area (Å²) in [5.41, 5.74) is 7.70. The summed E-state index contributed by atoms with van der Waals surface area (Å²) in [6.07, 6.45) is 5.47. The molecule has 1 amide bonds. The van der Waals surface area contributed by atoms with E-state index >= 15 is 0 Å². The Bertz CT molecular complexity index is 1220. The Morgan fingerprint density at radius 2 is 1.86 bits per heavy atom. The Hall–Kier alpha value is -4.01. The van der Waals surface area contributed by atoms with Gasteiger partial charge in [0.15, 0.2) is 0 Å². The first kappa shape index (κ1) is 24.1. The number of carbonyl (C=O) groups is 2. The Morgan fingerprint density at radius 3 is 2.60 bits per heavy atom. The van der Waals surface area contributed by atoms with E-state index < -0.39 is 5.60 Å². The van der Waals surface area contributed by atoms with E-state index in [0.717, 1.165) is 17.5 Å². The zero-order chi connectivity index (χ0) is 25.0. The number of ketones is 1. The second kappa shape index (κ2) is 10.1. The van der Waals surface area contributed by atoms with Gasteiger partial charge in [-0.2, -0.15) is 0 Å². The largest absolute Gasteiger partial charge is 0.444 e. The molecule has 1 aliphatic heterocycles. The maximum atomic E-state index is 13.3. The molecule has 1 aliphatic rings. The molecular formula is C26H34N6O3. The second-order valence-electron chi connectivity index (χ2n) is 9.42. The molecular weight excluding hydrogens is 444 g/mol. The fraction of sp³-hybridized carbons (Fsp3) is 0.346. The maximum Gasteiger partial charge on any atom is 0.410 e. The molecule has 9 nitrogen and oxygen atoms in total. The SMILES string of the molecule is CC(C)(C)OC(=O)N1CCCN(c2cccc(C(=O)c3cc(-c4cccnc4)cnc3N)n2)CC1.[HH].[HH]. The smallest absolute Gasteiger partial charge is 0.410 e. The van der Waals surface area contributed by atoms with Gasteiger partial charge < -0.3 is 20.3 Å². The van der Waals surface area contributed by atoms with Crippen molar-refractivity contribution in [1.29, 1.82) is 0 Å². The average Bonchev–Trinajstić information content (AvgIpc) is 3.10. The Kier molecular flexibility index (Phi) is 6.95. The Morgan fingerprint density at radius 1 is 1.03 bits per heavy atom. The third kappa shape index (κ3) is 5.92. The molecule has 9 heteroatoms. The van der Waals surface area contributed by atoms with Gasteiger partial charge in [0.1, 0.15) is 22.9 Å². The van der Waals surface area contributed by atoms with Crippen LogP contribution in [0.2, 0.25) is 0 Å². The predicted octanol–water partition coefficient (Wildman–Crippen LogP) is 4.29. The van der Waals surface area contributed by atoms with Gasteiger partial charge in [-0.3, -0.25) is 9.78 Å². The molecule has 0 radical (unpaired) electrons. The van der Waals surface area contributed by atoms with Crippen molar-refractivity contribution in [1.82, 2.24) is 19.9 Å². The fourth-order valence-corrected chi connectivity index (χ4v) is 3.87. The summed E-state index contributed by atoms with van der Waals surface area (Å²) in [4.78, 5) is 42.6. The van der Waals surface area contributed by atoms with Crippen LogP contribution in [0.4, 0.5) is 16.4 Å². The van der Waals surface area contributed by atoms with Crippen LogP contribution in [0.5, 0.6) is 0 Å². The van der Waals surface area contributed by atoms with Crippen LogP contribution in [-0.4, -0.2) is 63.5 Å². The number of pyridine rings is 3. The molecule has 0 saturated carbocycles. The van der Waals surface area contributed by atoms with Crippen molar-refractivity contribution < 1.29 is 17.2 Å². The van der Waals surface area contributed by atoms with Crippen molar-refractivity contribution in [3.8, 4) is 11.1 Å². The predicted molar refractivity (Wildman–Crippen MR) is 138 cm³/mol. The molecule has 4 heterocycles. The zero-order valence-electron chi connectivity index (χ0n) is 20.3. The number of nitrogens with two attached hydrogens (primary N) is 1. The molecule has 0 atom stereocenters. The lowest BCUT2D eigenvalue weighted by Gasteiger charge is -2.26. The lowest BCUT2D eigenvalue weighted by molar-refractivity contribution is 0.0263. The molecule has 0 spiro atoms. The van der Waals surface area contributed by atoms with E-state index in [1.165, 1.54) is 0 Å². The highest BCUT2D eigenvalue weighted by molar-refractivity contribution is 6.11. The standard InChI is InChI=1S/C26H30N6O3.2H2/c1-26(2,3)35-25(34)32-12-6-11-31(13-14-32)22-9-4-8-21(30-22)23(33)20-15-19(17-29-24(20)27)18-7-5-10-28-16-18;;/h4-5,7-10,15-17H,6,11-14H2,1-3H3,(H2,27,29);2*1H. The summed E-state index contributed by atoms with van der Waals surface area (Å²) < 4.78 is 5.51. The molecule has 1 fully saturated rings. The number of anilines is 2. The molecule has 2 N–H and O–H groups in total. The first-order valence-electron chi connectivity index (χ1n) is 11.6. The molecule has 35 heavy (non-hydrogen) atoms. The van der Waals surface area contributed by atoms with Gasteiger partial charge in [-0.25, -0.2) is 14.8 Å². The third-order valence-electron chi connectivity index (χ3n) is 5.60. The normalized spacial score (nSPS) is 14.4. The second-order valence-corrected chi connectivity index (χ2v) is 9.42. The zero-order valence-corrected chi connectivity index (χ0v) is 20.3. The monoisotopic (exact) mass is 478 g/mol. The van der Waals surface area contributed by atoms with Crippen molar-refractivity contribution in [3.63, 3.8) is 0 Å². The van der Waals surface area contributed by atoms with Crippen LogP contribution in [0.1, 0.15) is 46.1 Å².